The predicted octanol–water partition coefficient (Wildman–Crippen LogP) is 4.68. The minimum Gasteiger partial charge on any atom is -0.381 e. The Hall–Kier alpha value is -2.08. The van der Waals surface area contributed by atoms with Crippen LogP contribution in [0, 0.1) is 12.7 Å². The average Bonchev–Trinajstić information content (AvgIpc) is 2.55. The summed E-state index contributed by atoms with van der Waals surface area (Å²) >= 11 is 3.58. The summed E-state index contributed by atoms with van der Waals surface area (Å²) in [4.78, 5) is 14.3. The van der Waals surface area contributed by atoms with Crippen molar-refractivity contribution in [2.24, 2.45) is 0 Å². The van der Waals surface area contributed by atoms with Crippen LogP contribution < -0.4 is 15.5 Å². The standard InChI is InChI=1S/C19H21BrFN3O/c1-11-5-6-12(21)9-16(11)22-10-13-14(20)7-8-15-17(13)24(4)18(25)19(2,3)23-15/h5-9,22-23H,10H2,1-4H3. The van der Waals surface area contributed by atoms with E-state index in [1.165, 1.54) is 12.1 Å². The number of carbonyl (C=O) groups is 1. The molecule has 0 unspecified atom stereocenters. The molecule has 1 amide bonds. The number of anilines is 3. The summed E-state index contributed by atoms with van der Waals surface area (Å²) in [6.45, 7) is 6.13. The van der Waals surface area contributed by atoms with Crippen molar-refractivity contribution in [3.05, 3.63) is 51.7 Å². The number of nitrogens with one attached hydrogen (secondary N) is 2. The third-order valence-electron chi connectivity index (χ3n) is 4.50. The molecule has 0 spiro atoms. The molecule has 0 bridgehead atoms. The van der Waals surface area contributed by atoms with Crippen molar-refractivity contribution >= 4 is 38.9 Å². The van der Waals surface area contributed by atoms with E-state index in [1.807, 2.05) is 32.9 Å². The molecule has 0 fully saturated rings. The minimum atomic E-state index is -0.653. The van der Waals surface area contributed by atoms with Gasteiger partial charge in [0.05, 0.1) is 11.4 Å². The van der Waals surface area contributed by atoms with Gasteiger partial charge >= 0.3 is 0 Å². The first-order valence-corrected chi connectivity index (χ1v) is 8.88. The number of hydrogen-bond donors (Lipinski definition) is 2. The third-order valence-corrected chi connectivity index (χ3v) is 5.25. The van der Waals surface area contributed by atoms with Gasteiger partial charge in [-0.3, -0.25) is 4.79 Å². The van der Waals surface area contributed by atoms with Crippen molar-refractivity contribution < 1.29 is 9.18 Å². The number of halogens is 2. The topological polar surface area (TPSA) is 44.4 Å². The Kier molecular flexibility index (Phi) is 4.49. The van der Waals surface area contributed by atoms with Gasteiger partial charge in [0.15, 0.2) is 0 Å². The maximum absolute atomic E-state index is 13.5. The number of aryl methyl sites for hydroxylation is 1. The van der Waals surface area contributed by atoms with Crippen LogP contribution in [0.2, 0.25) is 0 Å². The van der Waals surface area contributed by atoms with Gasteiger partial charge in [-0.05, 0) is 50.6 Å². The van der Waals surface area contributed by atoms with E-state index in [9.17, 15) is 9.18 Å². The smallest absolute Gasteiger partial charge is 0.251 e. The Morgan fingerprint density at radius 1 is 1.28 bits per heavy atom. The van der Waals surface area contributed by atoms with E-state index in [1.54, 1.807) is 18.0 Å². The first-order chi connectivity index (χ1) is 11.7. The second-order valence-corrected chi connectivity index (χ2v) is 7.70. The van der Waals surface area contributed by atoms with Crippen LogP contribution in [0.4, 0.5) is 21.5 Å². The van der Waals surface area contributed by atoms with E-state index in [4.69, 9.17) is 0 Å². The third kappa shape index (κ3) is 3.23. The molecule has 1 aliphatic rings. The Morgan fingerprint density at radius 3 is 2.72 bits per heavy atom. The van der Waals surface area contributed by atoms with Gasteiger partial charge in [0.1, 0.15) is 11.4 Å². The van der Waals surface area contributed by atoms with Gasteiger partial charge in [-0.2, -0.15) is 0 Å². The summed E-state index contributed by atoms with van der Waals surface area (Å²) in [5.41, 5.74) is 3.73. The van der Waals surface area contributed by atoms with Crippen LogP contribution in [0.1, 0.15) is 25.0 Å². The van der Waals surface area contributed by atoms with Crippen LogP contribution in [0.15, 0.2) is 34.8 Å². The van der Waals surface area contributed by atoms with E-state index in [0.717, 1.165) is 32.7 Å². The molecule has 3 rings (SSSR count). The molecule has 0 aliphatic carbocycles. The molecule has 1 heterocycles. The SMILES string of the molecule is Cc1ccc(F)cc1NCc1c(Br)ccc2c1N(C)C(=O)C(C)(C)N2. The quantitative estimate of drug-likeness (QED) is 0.779. The molecule has 2 aromatic rings. The first kappa shape index (κ1) is 17.7. The van der Waals surface area contributed by atoms with E-state index in [0.29, 0.717) is 6.54 Å². The lowest BCUT2D eigenvalue weighted by molar-refractivity contribution is -0.121. The summed E-state index contributed by atoms with van der Waals surface area (Å²) in [5.74, 6) is -0.278. The summed E-state index contributed by atoms with van der Waals surface area (Å²) in [5, 5.41) is 6.58. The number of fused-ring (bicyclic) bond motifs is 1. The second kappa shape index (κ2) is 6.33. The molecule has 0 radical (unpaired) electrons. The molecule has 2 aromatic carbocycles. The van der Waals surface area contributed by atoms with Crippen molar-refractivity contribution in [1.82, 2.24) is 0 Å². The van der Waals surface area contributed by atoms with Crippen LogP contribution in [-0.2, 0) is 11.3 Å². The number of hydrogen-bond acceptors (Lipinski definition) is 3. The molecule has 0 saturated carbocycles. The Morgan fingerprint density at radius 2 is 2.00 bits per heavy atom. The molecule has 1 aliphatic heterocycles. The van der Waals surface area contributed by atoms with Crippen molar-refractivity contribution in [3.8, 4) is 0 Å². The molecular formula is C19H21BrFN3O. The number of nitrogens with zero attached hydrogens (tertiary/aromatic N) is 1. The Balaban J connectivity index is 1.98. The summed E-state index contributed by atoms with van der Waals surface area (Å²) in [6, 6.07) is 8.59. The van der Waals surface area contributed by atoms with Gasteiger partial charge in [-0.15, -0.1) is 0 Å². The molecule has 6 heteroatoms. The van der Waals surface area contributed by atoms with Gasteiger partial charge in [0.2, 0.25) is 0 Å². The maximum Gasteiger partial charge on any atom is 0.251 e. The van der Waals surface area contributed by atoms with E-state index < -0.39 is 5.54 Å². The zero-order chi connectivity index (χ0) is 18.4. The molecule has 132 valence electrons. The maximum atomic E-state index is 13.5. The molecule has 0 atom stereocenters. The van der Waals surface area contributed by atoms with Crippen LogP contribution in [0.25, 0.3) is 0 Å². The van der Waals surface area contributed by atoms with Gasteiger partial charge in [-0.25, -0.2) is 4.39 Å². The fourth-order valence-electron chi connectivity index (χ4n) is 3.14. The van der Waals surface area contributed by atoms with Crippen LogP contribution in [0.5, 0.6) is 0 Å². The first-order valence-electron chi connectivity index (χ1n) is 8.08. The van der Waals surface area contributed by atoms with E-state index in [2.05, 4.69) is 26.6 Å². The van der Waals surface area contributed by atoms with Crippen molar-refractivity contribution in [3.63, 3.8) is 0 Å². The highest BCUT2D eigenvalue weighted by Gasteiger charge is 2.38. The lowest BCUT2D eigenvalue weighted by Gasteiger charge is -2.39. The molecule has 2 N–H and O–H groups in total. The summed E-state index contributed by atoms with van der Waals surface area (Å²) in [6.07, 6.45) is 0. The Labute approximate surface area is 155 Å². The van der Waals surface area contributed by atoms with Crippen LogP contribution in [-0.4, -0.2) is 18.5 Å². The second-order valence-electron chi connectivity index (χ2n) is 6.85. The number of benzene rings is 2. The van der Waals surface area contributed by atoms with E-state index >= 15 is 0 Å². The number of amides is 1. The fourth-order valence-corrected chi connectivity index (χ4v) is 3.60. The molecule has 0 saturated heterocycles. The van der Waals surface area contributed by atoms with Crippen molar-refractivity contribution in [2.75, 3.05) is 22.6 Å². The molecular weight excluding hydrogens is 385 g/mol. The lowest BCUT2D eigenvalue weighted by atomic mass is 9.96. The summed E-state index contributed by atoms with van der Waals surface area (Å²) in [7, 11) is 1.78. The highest BCUT2D eigenvalue weighted by molar-refractivity contribution is 9.10. The largest absolute Gasteiger partial charge is 0.381 e. The summed E-state index contributed by atoms with van der Waals surface area (Å²) < 4.78 is 14.4. The molecule has 0 aromatic heterocycles. The van der Waals surface area contributed by atoms with Crippen molar-refractivity contribution in [2.45, 2.75) is 32.9 Å². The normalized spacial score (nSPS) is 15.6. The van der Waals surface area contributed by atoms with Gasteiger partial charge in [0, 0.05) is 29.3 Å². The van der Waals surface area contributed by atoms with E-state index in [-0.39, 0.29) is 11.7 Å². The highest BCUT2D eigenvalue weighted by Crippen LogP contribution is 2.40. The monoisotopic (exact) mass is 405 g/mol. The van der Waals surface area contributed by atoms with Gasteiger partial charge in [0.25, 0.3) is 5.91 Å². The Bertz CT molecular complexity index is 851. The molecule has 25 heavy (non-hydrogen) atoms. The van der Waals surface area contributed by atoms with Crippen LogP contribution >= 0.6 is 15.9 Å². The molecule has 4 nitrogen and oxygen atoms in total. The van der Waals surface area contributed by atoms with Crippen LogP contribution in [0.3, 0.4) is 0 Å². The zero-order valence-corrected chi connectivity index (χ0v) is 16.3. The minimum absolute atomic E-state index is 0.00119. The number of likely N-dealkylation sites (N-methyl/N-ethyl adjacent to an activating group) is 1. The average molecular weight is 406 g/mol. The van der Waals surface area contributed by atoms with Gasteiger partial charge in [-0.1, -0.05) is 22.0 Å². The highest BCUT2D eigenvalue weighted by atomic mass is 79.9. The lowest BCUT2D eigenvalue weighted by Crippen LogP contribution is -2.52. The van der Waals surface area contributed by atoms with Crippen molar-refractivity contribution in [1.29, 1.82) is 0 Å². The van der Waals surface area contributed by atoms with Gasteiger partial charge < -0.3 is 15.5 Å². The number of rotatable bonds is 3. The fraction of sp³-hybridized carbons (Fsp3) is 0.316. The number of carbonyl (C=O) groups excluding carboxylic acids is 1. The predicted molar refractivity (Wildman–Crippen MR) is 104 cm³/mol. The zero-order valence-electron chi connectivity index (χ0n) is 14.7.